The molecule has 0 bridgehead atoms. The number of hydrogen-bond acceptors (Lipinski definition) is 1. The number of halogens is 3. The van der Waals surface area contributed by atoms with E-state index in [1.807, 2.05) is 13.0 Å². The molecule has 0 saturated heterocycles. The second kappa shape index (κ2) is 6.95. The third kappa shape index (κ3) is 3.87. The van der Waals surface area contributed by atoms with E-state index in [1.54, 1.807) is 24.3 Å². The molecule has 1 atom stereocenters. The van der Waals surface area contributed by atoms with Crippen molar-refractivity contribution < 1.29 is 8.78 Å². The average molecular weight is 340 g/mol. The summed E-state index contributed by atoms with van der Waals surface area (Å²) in [6, 6.07) is 11.8. The molecule has 0 spiro atoms. The Bertz CT molecular complexity index is 586. The second-order valence-corrected chi connectivity index (χ2v) is 5.55. The van der Waals surface area contributed by atoms with E-state index in [4.69, 9.17) is 0 Å². The fourth-order valence-electron chi connectivity index (χ4n) is 2.02. The van der Waals surface area contributed by atoms with Crippen molar-refractivity contribution in [1.29, 1.82) is 0 Å². The summed E-state index contributed by atoms with van der Waals surface area (Å²) in [5, 5.41) is 3.31. The summed E-state index contributed by atoms with van der Waals surface area (Å²) in [5.41, 5.74) is 1.69. The van der Waals surface area contributed by atoms with Crippen molar-refractivity contribution >= 4 is 15.9 Å². The topological polar surface area (TPSA) is 12.0 Å². The molecule has 0 aliphatic rings. The van der Waals surface area contributed by atoms with Crippen LogP contribution >= 0.6 is 15.9 Å². The highest BCUT2D eigenvalue weighted by atomic mass is 79.9. The zero-order valence-electron chi connectivity index (χ0n) is 11.2. The molecule has 4 heteroatoms. The fourth-order valence-corrected chi connectivity index (χ4v) is 2.42. The van der Waals surface area contributed by atoms with Gasteiger partial charge in [0.1, 0.15) is 11.6 Å². The first-order valence-corrected chi connectivity index (χ1v) is 7.29. The predicted molar refractivity (Wildman–Crippen MR) is 80.6 cm³/mol. The molecule has 20 heavy (non-hydrogen) atoms. The normalized spacial score (nSPS) is 12.4. The Morgan fingerprint density at radius 1 is 1.10 bits per heavy atom. The summed E-state index contributed by atoms with van der Waals surface area (Å²) >= 11 is 3.18. The van der Waals surface area contributed by atoms with Gasteiger partial charge in [-0.05, 0) is 65.1 Å². The molecule has 0 amide bonds. The molecule has 1 nitrogen and oxygen atoms in total. The van der Waals surface area contributed by atoms with E-state index in [0.29, 0.717) is 23.0 Å². The maximum Gasteiger partial charge on any atom is 0.137 e. The fraction of sp³-hybridized carbons (Fsp3) is 0.250. The molecule has 0 aromatic heterocycles. The van der Waals surface area contributed by atoms with Gasteiger partial charge in [-0.1, -0.05) is 24.3 Å². The quantitative estimate of drug-likeness (QED) is 0.837. The summed E-state index contributed by atoms with van der Waals surface area (Å²) in [6.45, 7) is 2.66. The highest BCUT2D eigenvalue weighted by Gasteiger charge is 2.08. The average Bonchev–Trinajstić information content (AvgIpc) is 2.44. The minimum Gasteiger partial charge on any atom is -0.310 e. The number of rotatable bonds is 5. The van der Waals surface area contributed by atoms with E-state index in [2.05, 4.69) is 21.2 Å². The van der Waals surface area contributed by atoms with Crippen LogP contribution in [0.15, 0.2) is 46.9 Å². The van der Waals surface area contributed by atoms with Gasteiger partial charge in [0, 0.05) is 6.04 Å². The maximum absolute atomic E-state index is 13.5. The Morgan fingerprint density at radius 2 is 1.85 bits per heavy atom. The molecule has 0 aliphatic heterocycles. The van der Waals surface area contributed by atoms with Crippen LogP contribution in [0.3, 0.4) is 0 Å². The van der Waals surface area contributed by atoms with Crippen LogP contribution in [-0.2, 0) is 6.42 Å². The molecule has 106 valence electrons. The highest BCUT2D eigenvalue weighted by molar-refractivity contribution is 9.10. The Balaban J connectivity index is 1.90. The third-order valence-electron chi connectivity index (χ3n) is 3.25. The first kappa shape index (κ1) is 15.1. The van der Waals surface area contributed by atoms with Crippen molar-refractivity contribution in [1.82, 2.24) is 5.32 Å². The minimum absolute atomic E-state index is 0.0821. The van der Waals surface area contributed by atoms with Crippen molar-refractivity contribution in [2.75, 3.05) is 6.54 Å². The molecular weight excluding hydrogens is 324 g/mol. The lowest BCUT2D eigenvalue weighted by Gasteiger charge is -2.15. The molecule has 0 aliphatic carbocycles. The predicted octanol–water partition coefficient (Wildman–Crippen LogP) is 4.62. The summed E-state index contributed by atoms with van der Waals surface area (Å²) in [5.74, 6) is -0.446. The van der Waals surface area contributed by atoms with Crippen LogP contribution in [0.1, 0.15) is 24.1 Å². The van der Waals surface area contributed by atoms with Crippen LogP contribution in [0.5, 0.6) is 0 Å². The maximum atomic E-state index is 13.5. The third-order valence-corrected chi connectivity index (χ3v) is 3.85. The smallest absolute Gasteiger partial charge is 0.137 e. The molecule has 2 aromatic carbocycles. The summed E-state index contributed by atoms with van der Waals surface area (Å²) in [7, 11) is 0. The molecule has 0 radical (unpaired) electrons. The van der Waals surface area contributed by atoms with Gasteiger partial charge in [0.25, 0.3) is 0 Å². The van der Waals surface area contributed by atoms with Crippen LogP contribution in [0.4, 0.5) is 8.78 Å². The first-order valence-electron chi connectivity index (χ1n) is 6.49. The van der Waals surface area contributed by atoms with Crippen molar-refractivity contribution in [3.63, 3.8) is 0 Å². The van der Waals surface area contributed by atoms with Gasteiger partial charge in [0.15, 0.2) is 0 Å². The Morgan fingerprint density at radius 3 is 2.55 bits per heavy atom. The van der Waals surface area contributed by atoms with E-state index < -0.39 is 0 Å². The van der Waals surface area contributed by atoms with Crippen molar-refractivity contribution in [2.45, 2.75) is 19.4 Å². The van der Waals surface area contributed by atoms with Crippen molar-refractivity contribution in [3.8, 4) is 0 Å². The Hall–Kier alpha value is -1.26. The van der Waals surface area contributed by atoms with E-state index in [-0.39, 0.29) is 17.7 Å². The van der Waals surface area contributed by atoms with Gasteiger partial charge in [0.05, 0.1) is 4.47 Å². The molecule has 0 heterocycles. The van der Waals surface area contributed by atoms with Crippen LogP contribution in [0.2, 0.25) is 0 Å². The van der Waals surface area contributed by atoms with Gasteiger partial charge in [-0.15, -0.1) is 0 Å². The van der Waals surface area contributed by atoms with Gasteiger partial charge >= 0.3 is 0 Å². The molecule has 1 unspecified atom stereocenters. The zero-order chi connectivity index (χ0) is 14.5. The lowest BCUT2D eigenvalue weighted by molar-refractivity contribution is 0.557. The Labute approximate surface area is 126 Å². The van der Waals surface area contributed by atoms with Crippen LogP contribution in [-0.4, -0.2) is 6.54 Å². The van der Waals surface area contributed by atoms with Gasteiger partial charge in [-0.25, -0.2) is 8.78 Å². The van der Waals surface area contributed by atoms with Crippen molar-refractivity contribution in [2.24, 2.45) is 0 Å². The molecule has 0 fully saturated rings. The number of hydrogen-bond donors (Lipinski definition) is 1. The second-order valence-electron chi connectivity index (χ2n) is 4.69. The largest absolute Gasteiger partial charge is 0.310 e. The summed E-state index contributed by atoms with van der Waals surface area (Å²) in [4.78, 5) is 0. The van der Waals surface area contributed by atoms with Gasteiger partial charge in [-0.3, -0.25) is 0 Å². The highest BCUT2D eigenvalue weighted by Crippen LogP contribution is 2.21. The van der Waals surface area contributed by atoms with Crippen molar-refractivity contribution in [3.05, 3.63) is 69.7 Å². The van der Waals surface area contributed by atoms with Gasteiger partial charge in [-0.2, -0.15) is 0 Å². The van der Waals surface area contributed by atoms with Gasteiger partial charge in [0.2, 0.25) is 0 Å². The first-order chi connectivity index (χ1) is 9.58. The molecule has 0 saturated carbocycles. The van der Waals surface area contributed by atoms with Crippen LogP contribution in [0, 0.1) is 11.6 Å². The Kier molecular flexibility index (Phi) is 5.26. The van der Waals surface area contributed by atoms with Crippen LogP contribution < -0.4 is 5.32 Å². The molecule has 2 rings (SSSR count). The summed E-state index contributed by atoms with van der Waals surface area (Å²) in [6.07, 6.45) is 0.624. The van der Waals surface area contributed by atoms with E-state index in [1.165, 1.54) is 12.1 Å². The van der Waals surface area contributed by atoms with Crippen LogP contribution in [0.25, 0.3) is 0 Å². The molecule has 1 N–H and O–H groups in total. The summed E-state index contributed by atoms with van der Waals surface area (Å²) < 4.78 is 27.1. The standard InChI is InChI=1S/C16H16BrF2N/c1-11(13-6-7-16(19)14(17)10-13)20-9-8-12-4-2-3-5-15(12)18/h2-7,10-11,20H,8-9H2,1H3. The van der Waals surface area contributed by atoms with E-state index in [9.17, 15) is 8.78 Å². The number of nitrogens with one attached hydrogen (secondary N) is 1. The lowest BCUT2D eigenvalue weighted by Crippen LogP contribution is -2.21. The molecule has 2 aromatic rings. The number of benzene rings is 2. The lowest BCUT2D eigenvalue weighted by atomic mass is 10.1. The van der Waals surface area contributed by atoms with Gasteiger partial charge < -0.3 is 5.32 Å². The minimum atomic E-state index is -0.271. The molecular formula is C16H16BrF2N. The monoisotopic (exact) mass is 339 g/mol. The van der Waals surface area contributed by atoms with E-state index in [0.717, 1.165) is 5.56 Å². The van der Waals surface area contributed by atoms with E-state index >= 15 is 0 Å². The zero-order valence-corrected chi connectivity index (χ0v) is 12.8. The SMILES string of the molecule is CC(NCCc1ccccc1F)c1ccc(F)c(Br)c1.